The third kappa shape index (κ3) is 2.30. The highest BCUT2D eigenvalue weighted by Crippen LogP contribution is 2.54. The Kier molecular flexibility index (Phi) is 3.58. The third-order valence-corrected chi connectivity index (χ3v) is 4.78. The Balaban J connectivity index is 0.00000146. The molecular weight excluding hydrogens is 332 g/mol. The number of piperidine rings is 1. The number of hydrogen-bond acceptors (Lipinski definition) is 7. The van der Waals surface area contributed by atoms with Crippen LogP contribution in [0.3, 0.4) is 0 Å². The fourth-order valence-electron chi connectivity index (χ4n) is 3.53. The minimum absolute atomic E-state index is 0. The summed E-state index contributed by atoms with van der Waals surface area (Å²) < 4.78 is 6.79. The molecule has 2 fully saturated rings. The lowest BCUT2D eigenvalue weighted by Crippen LogP contribution is -2.21. The predicted octanol–water partition coefficient (Wildman–Crippen LogP) is 0.577. The van der Waals surface area contributed by atoms with Crippen LogP contribution < -0.4 is 10.9 Å². The molecule has 4 heterocycles. The van der Waals surface area contributed by atoms with Crippen LogP contribution in [0.15, 0.2) is 34.0 Å². The van der Waals surface area contributed by atoms with Crippen molar-refractivity contribution in [2.45, 2.75) is 12.5 Å². The number of aromatic nitrogens is 5. The minimum Gasteiger partial charge on any atom is -0.337 e. The lowest BCUT2D eigenvalue weighted by molar-refractivity contribution is 0.363. The molecule has 5 rings (SSSR count). The summed E-state index contributed by atoms with van der Waals surface area (Å²) in [5.41, 5.74) is 0.286. The van der Waals surface area contributed by atoms with E-state index in [1.807, 2.05) is 0 Å². The lowest BCUT2D eigenvalue weighted by Gasteiger charge is -2.02. The van der Waals surface area contributed by atoms with E-state index in [1.165, 1.54) is 10.9 Å². The second-order valence-electron chi connectivity index (χ2n) is 6.11. The Morgan fingerprint density at radius 3 is 2.96 bits per heavy atom. The van der Waals surface area contributed by atoms with Crippen molar-refractivity contribution in [2.75, 3.05) is 13.1 Å². The average molecular weight is 347 g/mol. The monoisotopic (exact) mass is 346 g/mol. The molecule has 2 unspecified atom stereocenters. The first kappa shape index (κ1) is 15.2. The van der Waals surface area contributed by atoms with Gasteiger partial charge in [0.15, 0.2) is 11.5 Å². The molecule has 8 nitrogen and oxygen atoms in total. The SMILES string of the molecule is Cl.O=c1c2cccnc2ncn1Cc1nc(C2C3CNCC32)no1. The molecule has 3 aromatic rings. The van der Waals surface area contributed by atoms with E-state index < -0.39 is 0 Å². The predicted molar refractivity (Wildman–Crippen MR) is 87.0 cm³/mol. The standard InChI is InChI=1S/C15H14N6O2.ClH/c22-15-8-2-1-3-17-13(8)18-7-21(15)6-11-19-14(20-23-11)12-9-4-16-5-10(9)12;/h1-3,7,9-10,12,16H,4-6H2;1H. The molecule has 0 radical (unpaired) electrons. The van der Waals surface area contributed by atoms with Crippen molar-refractivity contribution in [3.63, 3.8) is 0 Å². The summed E-state index contributed by atoms with van der Waals surface area (Å²) in [6.07, 6.45) is 3.09. The van der Waals surface area contributed by atoms with Crippen molar-refractivity contribution in [2.24, 2.45) is 11.8 Å². The summed E-state index contributed by atoms with van der Waals surface area (Å²) in [7, 11) is 0. The second kappa shape index (κ2) is 5.64. The lowest BCUT2D eigenvalue weighted by atomic mass is 10.3. The molecule has 24 heavy (non-hydrogen) atoms. The summed E-state index contributed by atoms with van der Waals surface area (Å²) in [4.78, 5) is 25.2. The van der Waals surface area contributed by atoms with Crippen LogP contribution in [0.2, 0.25) is 0 Å². The third-order valence-electron chi connectivity index (χ3n) is 4.78. The van der Waals surface area contributed by atoms with E-state index in [2.05, 4.69) is 25.4 Å². The molecule has 0 aromatic carbocycles. The first-order chi connectivity index (χ1) is 11.3. The first-order valence-corrected chi connectivity index (χ1v) is 7.64. The number of nitrogens with one attached hydrogen (secondary N) is 1. The number of hydrogen-bond donors (Lipinski definition) is 1. The van der Waals surface area contributed by atoms with E-state index >= 15 is 0 Å². The Labute approximate surface area is 142 Å². The Hall–Kier alpha value is -2.32. The first-order valence-electron chi connectivity index (χ1n) is 7.64. The van der Waals surface area contributed by atoms with Crippen LogP contribution in [0.4, 0.5) is 0 Å². The number of nitrogens with zero attached hydrogens (tertiary/aromatic N) is 5. The van der Waals surface area contributed by atoms with Gasteiger partial charge in [-0.25, -0.2) is 9.97 Å². The van der Waals surface area contributed by atoms with Crippen LogP contribution in [-0.4, -0.2) is 37.8 Å². The average Bonchev–Trinajstić information content (AvgIpc) is 2.96. The van der Waals surface area contributed by atoms with E-state index in [0.29, 0.717) is 34.7 Å². The van der Waals surface area contributed by atoms with Gasteiger partial charge in [0.2, 0.25) is 5.89 Å². The Morgan fingerprint density at radius 1 is 1.29 bits per heavy atom. The zero-order valence-corrected chi connectivity index (χ0v) is 13.4. The smallest absolute Gasteiger partial charge is 0.263 e. The zero-order chi connectivity index (χ0) is 15.4. The van der Waals surface area contributed by atoms with Crippen LogP contribution in [0, 0.1) is 11.8 Å². The highest BCUT2D eigenvalue weighted by Gasteiger charge is 2.55. The maximum absolute atomic E-state index is 12.4. The van der Waals surface area contributed by atoms with E-state index in [0.717, 1.165) is 18.9 Å². The highest BCUT2D eigenvalue weighted by atomic mass is 35.5. The van der Waals surface area contributed by atoms with Gasteiger partial charge in [-0.3, -0.25) is 9.36 Å². The van der Waals surface area contributed by atoms with Crippen molar-refractivity contribution in [1.82, 2.24) is 30.0 Å². The van der Waals surface area contributed by atoms with Gasteiger partial charge in [0.25, 0.3) is 5.56 Å². The van der Waals surface area contributed by atoms with Crippen LogP contribution in [-0.2, 0) is 6.54 Å². The van der Waals surface area contributed by atoms with Gasteiger partial charge >= 0.3 is 0 Å². The molecule has 1 aliphatic carbocycles. The molecule has 1 saturated heterocycles. The summed E-state index contributed by atoms with van der Waals surface area (Å²) >= 11 is 0. The van der Waals surface area contributed by atoms with Crippen molar-refractivity contribution >= 4 is 23.4 Å². The van der Waals surface area contributed by atoms with Crippen LogP contribution in [0.1, 0.15) is 17.6 Å². The van der Waals surface area contributed by atoms with Gasteiger partial charge in [0.05, 0.1) is 5.39 Å². The summed E-state index contributed by atoms with van der Waals surface area (Å²) in [5.74, 6) is 2.88. The molecule has 0 spiro atoms. The summed E-state index contributed by atoms with van der Waals surface area (Å²) in [6.45, 7) is 2.28. The van der Waals surface area contributed by atoms with Crippen molar-refractivity contribution in [3.8, 4) is 0 Å². The minimum atomic E-state index is -0.157. The normalized spacial score (nSPS) is 24.6. The number of halogens is 1. The number of pyridine rings is 1. The maximum atomic E-state index is 12.4. The molecule has 1 aliphatic heterocycles. The van der Waals surface area contributed by atoms with Crippen LogP contribution in [0.25, 0.3) is 11.0 Å². The maximum Gasteiger partial charge on any atom is 0.263 e. The van der Waals surface area contributed by atoms with Crippen LogP contribution >= 0.6 is 12.4 Å². The van der Waals surface area contributed by atoms with Crippen molar-refractivity contribution in [1.29, 1.82) is 0 Å². The van der Waals surface area contributed by atoms with E-state index in [4.69, 9.17) is 4.52 Å². The fourth-order valence-corrected chi connectivity index (χ4v) is 3.53. The molecule has 1 saturated carbocycles. The second-order valence-corrected chi connectivity index (χ2v) is 6.11. The molecular formula is C15H15ClN6O2. The van der Waals surface area contributed by atoms with E-state index in [1.54, 1.807) is 18.3 Å². The largest absolute Gasteiger partial charge is 0.337 e. The van der Waals surface area contributed by atoms with E-state index in [-0.39, 0.29) is 24.5 Å². The van der Waals surface area contributed by atoms with Gasteiger partial charge in [0, 0.05) is 12.1 Å². The van der Waals surface area contributed by atoms with Gasteiger partial charge in [-0.05, 0) is 37.1 Å². The van der Waals surface area contributed by atoms with Gasteiger partial charge < -0.3 is 9.84 Å². The van der Waals surface area contributed by atoms with E-state index in [9.17, 15) is 4.79 Å². The fraction of sp³-hybridized carbons (Fsp3) is 0.400. The Bertz CT molecular complexity index is 944. The van der Waals surface area contributed by atoms with Gasteiger partial charge in [-0.2, -0.15) is 4.98 Å². The molecule has 124 valence electrons. The number of rotatable bonds is 3. The molecule has 0 amide bonds. The van der Waals surface area contributed by atoms with Gasteiger partial charge in [0.1, 0.15) is 12.9 Å². The molecule has 2 aliphatic rings. The summed E-state index contributed by atoms with van der Waals surface area (Å²) in [6, 6.07) is 3.44. The van der Waals surface area contributed by atoms with Crippen molar-refractivity contribution < 1.29 is 4.52 Å². The molecule has 9 heteroatoms. The Morgan fingerprint density at radius 2 is 2.12 bits per heavy atom. The molecule has 1 N–H and O–H groups in total. The number of fused-ring (bicyclic) bond motifs is 2. The highest BCUT2D eigenvalue weighted by molar-refractivity contribution is 5.85. The van der Waals surface area contributed by atoms with Gasteiger partial charge in [-0.15, -0.1) is 12.4 Å². The molecule has 3 aromatic heterocycles. The van der Waals surface area contributed by atoms with Crippen LogP contribution in [0.5, 0.6) is 0 Å². The van der Waals surface area contributed by atoms with Gasteiger partial charge in [-0.1, -0.05) is 5.16 Å². The molecule has 0 bridgehead atoms. The summed E-state index contributed by atoms with van der Waals surface area (Å²) in [5, 5.41) is 7.92. The molecule has 2 atom stereocenters. The zero-order valence-electron chi connectivity index (χ0n) is 12.6. The quantitative estimate of drug-likeness (QED) is 0.740. The van der Waals surface area contributed by atoms with Crippen molar-refractivity contribution in [3.05, 3.63) is 46.7 Å². The topological polar surface area (TPSA) is 98.7 Å².